The SMILES string of the molecule is CC(C)=CCC/C(C)=C/CC(C)(C/C=C(\C)CCC=C(C)C)C(=O)O.COC(=O)CCC=C(C)CCC=C(C)CCC=C(C)CCC=C(C)C. The molecule has 284 valence electrons. The van der Waals surface area contributed by atoms with Crippen molar-refractivity contribution in [3.63, 3.8) is 0 Å². The molecule has 0 heterocycles. The lowest BCUT2D eigenvalue weighted by atomic mass is 9.82. The van der Waals surface area contributed by atoms with Gasteiger partial charge in [-0.05, 0) is 167 Å². The Balaban J connectivity index is 0. The Morgan fingerprint density at radius 3 is 0.980 bits per heavy atom. The Hall–Kier alpha value is -3.14. The van der Waals surface area contributed by atoms with Crippen LogP contribution in [0.15, 0.2) is 93.2 Å². The molecule has 0 aromatic heterocycles. The molecule has 0 bridgehead atoms. The summed E-state index contributed by atoms with van der Waals surface area (Å²) < 4.78 is 4.65. The van der Waals surface area contributed by atoms with E-state index in [0.717, 1.165) is 64.2 Å². The minimum atomic E-state index is -0.727. The van der Waals surface area contributed by atoms with E-state index in [2.05, 4.69) is 130 Å². The van der Waals surface area contributed by atoms with Crippen LogP contribution in [0, 0.1) is 5.41 Å². The maximum Gasteiger partial charge on any atom is 0.309 e. The van der Waals surface area contributed by atoms with Gasteiger partial charge in [0.2, 0.25) is 0 Å². The standard InChI is InChI=1S/2C23H38O2/c1-19(2)11-7-12-20(3)13-8-14-21(4)15-9-16-22(5)17-10-18-23(24)25-6;1-18(2)10-8-12-20(5)14-16-23(7,22(24)25)17-15-21(6)13-9-11-19(3)4/h11,13,15,17H,7-10,12,14,16,18H2,1-6H3;10-11,14-15H,8-9,12-13,16-17H2,1-7H3,(H,24,25)/b;20-14+,21-15+. The molecule has 0 aliphatic heterocycles. The topological polar surface area (TPSA) is 63.6 Å². The number of allylic oxidation sites excluding steroid dienone is 16. The minimum absolute atomic E-state index is 0.135. The Bertz CT molecular complexity index is 1190. The van der Waals surface area contributed by atoms with Crippen LogP contribution in [0.5, 0.6) is 0 Å². The highest BCUT2D eigenvalue weighted by Gasteiger charge is 2.30. The van der Waals surface area contributed by atoms with E-state index < -0.39 is 11.4 Å². The molecule has 0 aliphatic rings. The van der Waals surface area contributed by atoms with Gasteiger partial charge in [-0.2, -0.15) is 0 Å². The second kappa shape index (κ2) is 29.6. The summed E-state index contributed by atoms with van der Waals surface area (Å²) >= 11 is 0. The Labute approximate surface area is 309 Å². The van der Waals surface area contributed by atoms with E-state index in [1.165, 1.54) is 58.1 Å². The van der Waals surface area contributed by atoms with E-state index in [-0.39, 0.29) is 5.97 Å². The minimum Gasteiger partial charge on any atom is -0.481 e. The predicted molar refractivity (Wildman–Crippen MR) is 219 cm³/mol. The molecule has 0 radical (unpaired) electrons. The first-order chi connectivity index (χ1) is 23.4. The van der Waals surface area contributed by atoms with Crippen LogP contribution < -0.4 is 0 Å². The van der Waals surface area contributed by atoms with Crippen LogP contribution in [0.2, 0.25) is 0 Å². The molecule has 0 spiro atoms. The van der Waals surface area contributed by atoms with Gasteiger partial charge in [-0.15, -0.1) is 0 Å². The van der Waals surface area contributed by atoms with Crippen molar-refractivity contribution < 1.29 is 19.4 Å². The zero-order chi connectivity index (χ0) is 38.5. The third-order valence-electron chi connectivity index (χ3n) is 8.72. The molecule has 0 saturated heterocycles. The summed E-state index contributed by atoms with van der Waals surface area (Å²) in [5, 5.41) is 9.68. The molecule has 4 heteroatoms. The molecule has 0 saturated carbocycles. The van der Waals surface area contributed by atoms with Gasteiger partial charge < -0.3 is 9.84 Å². The number of hydrogen-bond donors (Lipinski definition) is 1. The van der Waals surface area contributed by atoms with E-state index in [1.54, 1.807) is 0 Å². The molecule has 0 fully saturated rings. The van der Waals surface area contributed by atoms with Gasteiger partial charge in [0.1, 0.15) is 0 Å². The smallest absolute Gasteiger partial charge is 0.309 e. The van der Waals surface area contributed by atoms with Crippen LogP contribution in [0.1, 0.15) is 173 Å². The number of aliphatic carboxylic acids is 1. The van der Waals surface area contributed by atoms with Gasteiger partial charge in [-0.25, -0.2) is 0 Å². The average molecular weight is 693 g/mol. The summed E-state index contributed by atoms with van der Waals surface area (Å²) in [7, 11) is 1.44. The molecule has 4 nitrogen and oxygen atoms in total. The van der Waals surface area contributed by atoms with Crippen molar-refractivity contribution >= 4 is 11.9 Å². The van der Waals surface area contributed by atoms with Crippen molar-refractivity contribution in [2.45, 2.75) is 173 Å². The number of ether oxygens (including phenoxy) is 1. The van der Waals surface area contributed by atoms with E-state index in [9.17, 15) is 14.7 Å². The largest absolute Gasteiger partial charge is 0.481 e. The molecule has 0 aliphatic carbocycles. The molecular weight excluding hydrogens is 617 g/mol. The first kappa shape index (κ1) is 49.0. The van der Waals surface area contributed by atoms with Crippen molar-refractivity contribution in [3.05, 3.63) is 93.2 Å². The summed E-state index contributed by atoms with van der Waals surface area (Å²) in [6.07, 6.45) is 31.1. The highest BCUT2D eigenvalue weighted by molar-refractivity contribution is 5.74. The van der Waals surface area contributed by atoms with Gasteiger partial charge in [-0.3, -0.25) is 9.59 Å². The maximum atomic E-state index is 11.8. The second-order valence-corrected chi connectivity index (χ2v) is 15.2. The molecule has 0 aromatic rings. The molecular formula is C46H76O4. The van der Waals surface area contributed by atoms with E-state index in [0.29, 0.717) is 19.3 Å². The van der Waals surface area contributed by atoms with Gasteiger partial charge in [0.15, 0.2) is 0 Å². The Morgan fingerprint density at radius 2 is 0.720 bits per heavy atom. The van der Waals surface area contributed by atoms with Crippen molar-refractivity contribution in [2.24, 2.45) is 5.41 Å². The monoisotopic (exact) mass is 693 g/mol. The van der Waals surface area contributed by atoms with E-state index >= 15 is 0 Å². The Morgan fingerprint density at radius 1 is 0.460 bits per heavy atom. The number of methoxy groups -OCH3 is 1. The van der Waals surface area contributed by atoms with E-state index in [4.69, 9.17) is 0 Å². The van der Waals surface area contributed by atoms with Crippen LogP contribution >= 0.6 is 0 Å². The van der Waals surface area contributed by atoms with Gasteiger partial charge >= 0.3 is 11.9 Å². The number of rotatable bonds is 23. The number of esters is 1. The molecule has 0 rings (SSSR count). The third kappa shape index (κ3) is 30.9. The van der Waals surface area contributed by atoms with Crippen LogP contribution in [-0.4, -0.2) is 24.2 Å². The first-order valence-corrected chi connectivity index (χ1v) is 18.9. The highest BCUT2D eigenvalue weighted by Crippen LogP contribution is 2.30. The lowest BCUT2D eigenvalue weighted by Crippen LogP contribution is -2.26. The van der Waals surface area contributed by atoms with Gasteiger partial charge in [0.25, 0.3) is 0 Å². The second-order valence-electron chi connectivity index (χ2n) is 15.2. The molecule has 0 unspecified atom stereocenters. The highest BCUT2D eigenvalue weighted by atomic mass is 16.5. The average Bonchev–Trinajstić information content (AvgIpc) is 3.02. The van der Waals surface area contributed by atoms with Crippen LogP contribution in [0.25, 0.3) is 0 Å². The first-order valence-electron chi connectivity index (χ1n) is 18.9. The molecule has 0 aromatic carbocycles. The van der Waals surface area contributed by atoms with Crippen molar-refractivity contribution in [3.8, 4) is 0 Å². The predicted octanol–water partition coefficient (Wildman–Crippen LogP) is 14.3. The van der Waals surface area contributed by atoms with Crippen molar-refractivity contribution in [1.82, 2.24) is 0 Å². The van der Waals surface area contributed by atoms with Crippen molar-refractivity contribution in [1.29, 1.82) is 0 Å². The number of carboxylic acid groups (broad SMARTS) is 1. The van der Waals surface area contributed by atoms with Crippen LogP contribution in [0.3, 0.4) is 0 Å². The fourth-order valence-corrected chi connectivity index (χ4v) is 4.96. The molecule has 1 N–H and O–H groups in total. The zero-order valence-electron chi connectivity index (χ0n) is 34.7. The lowest BCUT2D eigenvalue weighted by molar-refractivity contribution is -0.147. The summed E-state index contributed by atoms with van der Waals surface area (Å²) in [6, 6.07) is 0. The third-order valence-corrected chi connectivity index (χ3v) is 8.72. The number of hydrogen-bond acceptors (Lipinski definition) is 3. The molecule has 0 amide bonds. The van der Waals surface area contributed by atoms with Crippen molar-refractivity contribution in [2.75, 3.05) is 7.11 Å². The fraction of sp³-hybridized carbons (Fsp3) is 0.609. The van der Waals surface area contributed by atoms with Gasteiger partial charge in [0.05, 0.1) is 12.5 Å². The van der Waals surface area contributed by atoms with Gasteiger partial charge in [0, 0.05) is 6.42 Å². The number of carbonyl (C=O) groups is 2. The zero-order valence-corrected chi connectivity index (χ0v) is 34.7. The van der Waals surface area contributed by atoms with Crippen LogP contribution in [0.4, 0.5) is 0 Å². The molecule has 50 heavy (non-hydrogen) atoms. The number of carbonyl (C=O) groups excluding carboxylic acids is 1. The lowest BCUT2D eigenvalue weighted by Gasteiger charge is -2.22. The quantitative estimate of drug-likeness (QED) is 0.0855. The maximum absolute atomic E-state index is 11.8. The van der Waals surface area contributed by atoms with Gasteiger partial charge in [-0.1, -0.05) is 93.2 Å². The molecule has 0 atom stereocenters. The summed E-state index contributed by atoms with van der Waals surface area (Å²) in [6.45, 7) is 25.4. The van der Waals surface area contributed by atoms with E-state index in [1.807, 2.05) is 6.92 Å². The summed E-state index contributed by atoms with van der Waals surface area (Å²) in [5.41, 5.74) is 10.2. The number of carboxylic acids is 1. The normalized spacial score (nSPS) is 13.8. The fourth-order valence-electron chi connectivity index (χ4n) is 4.96. The van der Waals surface area contributed by atoms with Crippen LogP contribution in [-0.2, 0) is 14.3 Å². The summed E-state index contributed by atoms with van der Waals surface area (Å²) in [5.74, 6) is -0.849. The summed E-state index contributed by atoms with van der Waals surface area (Å²) in [4.78, 5) is 22.8. The Kier molecular flexibility index (Phi) is 29.0.